The normalized spacial score (nSPS) is 11.4. The Morgan fingerprint density at radius 2 is 1.83 bits per heavy atom. The molecule has 0 aliphatic heterocycles. The molecule has 0 unspecified atom stereocenters. The van der Waals surface area contributed by atoms with E-state index in [0.29, 0.717) is 27.1 Å². The minimum absolute atomic E-state index is 0.212. The molecule has 0 N–H and O–H groups in total. The van der Waals surface area contributed by atoms with Crippen molar-refractivity contribution in [1.29, 1.82) is 0 Å². The number of rotatable bonds is 4. The molecule has 5 aromatic rings. The van der Waals surface area contributed by atoms with Crippen molar-refractivity contribution in [3.63, 3.8) is 0 Å². The molecule has 2 aromatic carbocycles. The molecule has 3 aromatic heterocycles. The highest BCUT2D eigenvalue weighted by atomic mass is 32.1. The van der Waals surface area contributed by atoms with E-state index in [-0.39, 0.29) is 6.42 Å². The van der Waals surface area contributed by atoms with Gasteiger partial charge in [0, 0.05) is 17.9 Å². The van der Waals surface area contributed by atoms with Crippen LogP contribution >= 0.6 is 11.3 Å². The van der Waals surface area contributed by atoms with Crippen LogP contribution < -0.4 is 4.74 Å². The van der Waals surface area contributed by atoms with E-state index >= 15 is 0 Å². The zero-order chi connectivity index (χ0) is 20.0. The van der Waals surface area contributed by atoms with Gasteiger partial charge in [0.25, 0.3) is 0 Å². The zero-order valence-electron chi connectivity index (χ0n) is 15.1. The fourth-order valence-electron chi connectivity index (χ4n) is 3.12. The molecule has 144 valence electrons. The largest absolute Gasteiger partial charge is 0.497 e. The summed E-state index contributed by atoms with van der Waals surface area (Å²) in [5.41, 5.74) is 2.00. The summed E-state index contributed by atoms with van der Waals surface area (Å²) in [4.78, 5) is 5.25. The molecule has 3 heterocycles. The summed E-state index contributed by atoms with van der Waals surface area (Å²) in [6.45, 7) is 0. The van der Waals surface area contributed by atoms with Gasteiger partial charge < -0.3 is 4.74 Å². The zero-order valence-corrected chi connectivity index (χ0v) is 16.0. The highest BCUT2D eigenvalue weighted by Crippen LogP contribution is 2.27. The van der Waals surface area contributed by atoms with Crippen LogP contribution in [-0.2, 0) is 6.42 Å². The van der Waals surface area contributed by atoms with Crippen LogP contribution in [0.25, 0.3) is 26.6 Å². The lowest BCUT2D eigenvalue weighted by atomic mass is 10.1. The van der Waals surface area contributed by atoms with Gasteiger partial charge in [-0.2, -0.15) is 9.61 Å². The van der Waals surface area contributed by atoms with Gasteiger partial charge in [0.1, 0.15) is 23.1 Å². The van der Waals surface area contributed by atoms with Gasteiger partial charge in [-0.25, -0.2) is 13.8 Å². The summed E-state index contributed by atoms with van der Waals surface area (Å²) in [5.74, 6) is 0.00994. The van der Waals surface area contributed by atoms with E-state index in [1.165, 1.54) is 23.5 Å². The van der Waals surface area contributed by atoms with Gasteiger partial charge in [-0.1, -0.05) is 17.4 Å². The van der Waals surface area contributed by atoms with E-state index in [2.05, 4.69) is 20.3 Å². The van der Waals surface area contributed by atoms with Crippen molar-refractivity contribution in [3.05, 3.63) is 71.6 Å². The molecule has 0 spiro atoms. The second-order valence-electron chi connectivity index (χ2n) is 6.43. The van der Waals surface area contributed by atoms with Crippen molar-refractivity contribution in [2.45, 2.75) is 6.42 Å². The van der Waals surface area contributed by atoms with E-state index < -0.39 is 11.6 Å². The highest BCUT2D eigenvalue weighted by molar-refractivity contribution is 7.19. The number of nitrogens with zero attached hydrogens (tertiary/aromatic N) is 5. The molecular formula is C20H13F2N5OS. The SMILES string of the molecule is COc1ccc2nc(-c3nn4c(Cc5cc(F)cc(F)c5)nnc4s3)ccc2c1. The first-order valence-corrected chi connectivity index (χ1v) is 9.52. The lowest BCUT2D eigenvalue weighted by Crippen LogP contribution is -1.99. The monoisotopic (exact) mass is 409 g/mol. The first-order valence-electron chi connectivity index (χ1n) is 8.70. The number of methoxy groups -OCH3 is 1. The quantitative estimate of drug-likeness (QED) is 0.443. The molecule has 0 radical (unpaired) electrons. The van der Waals surface area contributed by atoms with E-state index in [9.17, 15) is 8.78 Å². The third kappa shape index (κ3) is 3.29. The Kier molecular flexibility index (Phi) is 4.17. The molecule has 5 rings (SSSR count). The Bertz CT molecular complexity index is 1340. The number of hydrogen-bond acceptors (Lipinski definition) is 6. The average molecular weight is 409 g/mol. The van der Waals surface area contributed by atoms with Gasteiger partial charge in [0.2, 0.25) is 4.96 Å². The number of hydrogen-bond donors (Lipinski definition) is 0. The summed E-state index contributed by atoms with van der Waals surface area (Å²) < 4.78 is 33.7. The number of aromatic nitrogens is 5. The second-order valence-corrected chi connectivity index (χ2v) is 7.38. The standard InChI is InChI=1S/C20H13F2N5OS/c1-28-15-3-5-16-12(9-15)2-4-17(23-16)19-26-27-18(24-25-20(27)29-19)8-11-6-13(21)10-14(22)7-11/h2-7,9-10H,8H2,1H3. The molecule has 29 heavy (non-hydrogen) atoms. The second kappa shape index (κ2) is 6.85. The van der Waals surface area contributed by atoms with Crippen LogP contribution in [0, 0.1) is 11.6 Å². The van der Waals surface area contributed by atoms with Gasteiger partial charge in [-0.05, 0) is 42.0 Å². The predicted octanol–water partition coefficient (Wildman–Crippen LogP) is 4.28. The van der Waals surface area contributed by atoms with E-state index in [1.807, 2.05) is 30.3 Å². The van der Waals surface area contributed by atoms with Crippen LogP contribution in [0.4, 0.5) is 8.78 Å². The Hall–Kier alpha value is -3.46. The smallest absolute Gasteiger partial charge is 0.235 e. The summed E-state index contributed by atoms with van der Waals surface area (Å²) >= 11 is 1.35. The first kappa shape index (κ1) is 17.6. The molecule has 0 aliphatic rings. The predicted molar refractivity (Wildman–Crippen MR) is 105 cm³/mol. The first-order chi connectivity index (χ1) is 14.1. The van der Waals surface area contributed by atoms with E-state index in [4.69, 9.17) is 4.74 Å². The van der Waals surface area contributed by atoms with Gasteiger partial charge >= 0.3 is 0 Å². The summed E-state index contributed by atoms with van der Waals surface area (Å²) in [5, 5.41) is 14.4. The molecule has 9 heteroatoms. The van der Waals surface area contributed by atoms with Crippen molar-refractivity contribution in [2.24, 2.45) is 0 Å². The lowest BCUT2D eigenvalue weighted by molar-refractivity contribution is 0.415. The molecule has 0 bridgehead atoms. The van der Waals surface area contributed by atoms with Crippen molar-refractivity contribution < 1.29 is 13.5 Å². The molecule has 0 aliphatic carbocycles. The van der Waals surface area contributed by atoms with Crippen LogP contribution in [0.2, 0.25) is 0 Å². The minimum Gasteiger partial charge on any atom is -0.497 e. The number of benzene rings is 2. The molecule has 6 nitrogen and oxygen atoms in total. The van der Waals surface area contributed by atoms with Crippen molar-refractivity contribution >= 4 is 27.2 Å². The fraction of sp³-hybridized carbons (Fsp3) is 0.100. The number of ether oxygens (including phenoxy) is 1. The third-order valence-corrected chi connectivity index (χ3v) is 5.38. The molecule has 0 amide bonds. The highest BCUT2D eigenvalue weighted by Gasteiger charge is 2.15. The third-order valence-electron chi connectivity index (χ3n) is 4.46. The molecule has 0 saturated heterocycles. The van der Waals surface area contributed by atoms with Gasteiger partial charge in [-0.3, -0.25) is 0 Å². The van der Waals surface area contributed by atoms with Crippen LogP contribution in [0.1, 0.15) is 11.4 Å². The minimum atomic E-state index is -0.628. The Morgan fingerprint density at radius 3 is 2.62 bits per heavy atom. The van der Waals surface area contributed by atoms with Crippen LogP contribution in [-0.4, -0.2) is 31.9 Å². The lowest BCUT2D eigenvalue weighted by Gasteiger charge is -2.03. The maximum Gasteiger partial charge on any atom is 0.235 e. The number of pyridine rings is 1. The molecule has 0 atom stereocenters. The van der Waals surface area contributed by atoms with E-state index in [1.54, 1.807) is 11.6 Å². The van der Waals surface area contributed by atoms with Crippen LogP contribution in [0.15, 0.2) is 48.5 Å². The topological polar surface area (TPSA) is 65.2 Å². The van der Waals surface area contributed by atoms with Gasteiger partial charge in [0.05, 0.1) is 12.6 Å². The van der Waals surface area contributed by atoms with Crippen molar-refractivity contribution in [1.82, 2.24) is 24.8 Å². The van der Waals surface area contributed by atoms with Gasteiger partial charge in [-0.15, -0.1) is 10.2 Å². The van der Waals surface area contributed by atoms with Crippen molar-refractivity contribution in [2.75, 3.05) is 7.11 Å². The summed E-state index contributed by atoms with van der Waals surface area (Å²) in [6.07, 6.45) is 0.212. The van der Waals surface area contributed by atoms with Gasteiger partial charge in [0.15, 0.2) is 10.8 Å². The summed E-state index contributed by atoms with van der Waals surface area (Å²) in [6, 6.07) is 12.9. The molecule has 0 fully saturated rings. The Balaban J connectivity index is 1.51. The van der Waals surface area contributed by atoms with Crippen LogP contribution in [0.3, 0.4) is 0 Å². The number of halogens is 2. The Labute approximate surface area is 167 Å². The molecule has 0 saturated carbocycles. The molecular weight excluding hydrogens is 396 g/mol. The maximum absolute atomic E-state index is 13.5. The van der Waals surface area contributed by atoms with Crippen LogP contribution in [0.5, 0.6) is 5.75 Å². The maximum atomic E-state index is 13.5. The number of fused-ring (bicyclic) bond motifs is 2. The average Bonchev–Trinajstić information content (AvgIpc) is 3.28. The summed E-state index contributed by atoms with van der Waals surface area (Å²) in [7, 11) is 1.62. The fourth-order valence-corrected chi connectivity index (χ4v) is 3.94. The van der Waals surface area contributed by atoms with E-state index in [0.717, 1.165) is 22.7 Å². The Morgan fingerprint density at radius 1 is 1.00 bits per heavy atom. The van der Waals surface area contributed by atoms with Crippen molar-refractivity contribution in [3.8, 4) is 16.5 Å².